The van der Waals surface area contributed by atoms with Crippen LogP contribution in [0, 0.1) is 0 Å². The summed E-state index contributed by atoms with van der Waals surface area (Å²) < 4.78 is 68.8. The van der Waals surface area contributed by atoms with Gasteiger partial charge in [0, 0.05) is 13.1 Å². The minimum absolute atomic E-state index is 0.176. The molecule has 1 aliphatic heterocycles. The molecule has 2 aromatic carbocycles. The number of halogens is 3. The highest BCUT2D eigenvalue weighted by molar-refractivity contribution is 7.92. The predicted octanol–water partition coefficient (Wildman–Crippen LogP) is 5.15. The van der Waals surface area contributed by atoms with Crippen molar-refractivity contribution < 1.29 is 31.5 Å². The van der Waals surface area contributed by atoms with Crippen LogP contribution in [0.2, 0.25) is 0 Å². The highest BCUT2D eigenvalue weighted by Gasteiger charge is 2.32. The van der Waals surface area contributed by atoms with Crippen LogP contribution in [0.5, 0.6) is 0 Å². The predicted molar refractivity (Wildman–Crippen MR) is 116 cm³/mol. The monoisotopic (exact) mass is 470 g/mol. The number of hydrogen-bond acceptors (Lipinski definition) is 4. The van der Waals surface area contributed by atoms with Crippen LogP contribution < -0.4 is 9.62 Å². The molecule has 0 bridgehead atoms. The van der Waals surface area contributed by atoms with Gasteiger partial charge in [-0.1, -0.05) is 25.8 Å². The molecule has 0 amide bonds. The molecule has 1 saturated heterocycles. The van der Waals surface area contributed by atoms with E-state index in [1.807, 2.05) is 4.90 Å². The SMILES string of the molecule is CCc1ccc(C(=O)O)cc1S(=O)(=O)Nc1cc(C(F)(F)F)ccc1N1CCCCCC1. The Balaban J connectivity index is 2.09. The summed E-state index contributed by atoms with van der Waals surface area (Å²) in [5.41, 5.74) is -0.630. The van der Waals surface area contributed by atoms with Gasteiger partial charge in [0.25, 0.3) is 10.0 Å². The molecule has 10 heteroatoms. The van der Waals surface area contributed by atoms with Crippen molar-refractivity contribution in [2.24, 2.45) is 0 Å². The van der Waals surface area contributed by atoms with Crippen molar-refractivity contribution in [1.29, 1.82) is 0 Å². The largest absolute Gasteiger partial charge is 0.478 e. The van der Waals surface area contributed by atoms with E-state index in [1.165, 1.54) is 18.2 Å². The number of rotatable bonds is 6. The van der Waals surface area contributed by atoms with Crippen LogP contribution in [0.4, 0.5) is 24.5 Å². The fourth-order valence-corrected chi connectivity index (χ4v) is 5.21. The first-order valence-corrected chi connectivity index (χ1v) is 11.9. The number of nitrogens with zero attached hydrogens (tertiary/aromatic N) is 1. The van der Waals surface area contributed by atoms with E-state index in [0.29, 0.717) is 30.8 Å². The zero-order chi connectivity index (χ0) is 23.5. The Morgan fingerprint density at radius 2 is 1.72 bits per heavy atom. The second kappa shape index (κ2) is 9.40. The molecular formula is C22H25F3N2O4S. The van der Waals surface area contributed by atoms with Gasteiger partial charge in [-0.3, -0.25) is 4.72 Å². The highest BCUT2D eigenvalue weighted by atomic mass is 32.2. The van der Waals surface area contributed by atoms with Gasteiger partial charge in [-0.2, -0.15) is 13.2 Å². The number of anilines is 2. The van der Waals surface area contributed by atoms with Gasteiger partial charge in [-0.15, -0.1) is 0 Å². The minimum Gasteiger partial charge on any atom is -0.478 e. The maximum atomic E-state index is 13.4. The van der Waals surface area contributed by atoms with E-state index in [1.54, 1.807) is 6.92 Å². The third-order valence-electron chi connectivity index (χ3n) is 5.50. The molecule has 32 heavy (non-hydrogen) atoms. The van der Waals surface area contributed by atoms with Crippen LogP contribution in [-0.2, 0) is 22.6 Å². The van der Waals surface area contributed by atoms with Crippen LogP contribution in [0.3, 0.4) is 0 Å². The Bertz CT molecular complexity index is 1090. The van der Waals surface area contributed by atoms with Crippen molar-refractivity contribution in [2.45, 2.75) is 50.1 Å². The third-order valence-corrected chi connectivity index (χ3v) is 6.95. The number of carbonyl (C=O) groups is 1. The molecule has 174 valence electrons. The molecule has 0 aromatic heterocycles. The Kier molecular flexibility index (Phi) is 7.02. The van der Waals surface area contributed by atoms with E-state index >= 15 is 0 Å². The molecule has 1 aliphatic rings. The summed E-state index contributed by atoms with van der Waals surface area (Å²) in [6.07, 6.45) is -0.630. The fourth-order valence-electron chi connectivity index (χ4n) is 3.81. The van der Waals surface area contributed by atoms with Gasteiger partial charge in [0.05, 0.1) is 27.4 Å². The first-order chi connectivity index (χ1) is 15.0. The highest BCUT2D eigenvalue weighted by Crippen LogP contribution is 2.37. The summed E-state index contributed by atoms with van der Waals surface area (Å²) in [5, 5.41) is 9.25. The van der Waals surface area contributed by atoms with Crippen molar-refractivity contribution in [2.75, 3.05) is 22.7 Å². The average molecular weight is 471 g/mol. The number of benzene rings is 2. The van der Waals surface area contributed by atoms with Crippen LogP contribution in [-0.4, -0.2) is 32.6 Å². The smallest absolute Gasteiger partial charge is 0.416 e. The Labute approximate surface area is 185 Å². The minimum atomic E-state index is -4.64. The number of aromatic carboxylic acids is 1. The van der Waals surface area contributed by atoms with E-state index in [2.05, 4.69) is 4.72 Å². The van der Waals surface area contributed by atoms with Gasteiger partial charge in [-0.05, 0) is 55.2 Å². The van der Waals surface area contributed by atoms with E-state index in [9.17, 15) is 31.5 Å². The van der Waals surface area contributed by atoms with Crippen molar-refractivity contribution in [3.63, 3.8) is 0 Å². The Hall–Kier alpha value is -2.75. The lowest BCUT2D eigenvalue weighted by atomic mass is 10.1. The number of nitrogens with one attached hydrogen (secondary N) is 1. The first-order valence-electron chi connectivity index (χ1n) is 10.4. The maximum absolute atomic E-state index is 13.4. The molecule has 0 spiro atoms. The number of sulfonamides is 1. The van der Waals surface area contributed by atoms with E-state index in [-0.39, 0.29) is 16.1 Å². The Morgan fingerprint density at radius 1 is 1.06 bits per heavy atom. The summed E-state index contributed by atoms with van der Waals surface area (Å²) in [6, 6.07) is 6.76. The number of hydrogen-bond donors (Lipinski definition) is 2. The molecule has 1 heterocycles. The van der Waals surface area contributed by atoms with Gasteiger partial charge < -0.3 is 10.0 Å². The lowest BCUT2D eigenvalue weighted by molar-refractivity contribution is -0.137. The standard InChI is InChI=1S/C22H25F3N2O4S/c1-2-15-7-8-16(21(28)29)13-20(15)32(30,31)26-18-14-17(22(23,24)25)9-10-19(18)27-11-5-3-4-6-12-27/h7-10,13-14,26H,2-6,11-12H2,1H3,(H,28,29). The van der Waals surface area contributed by atoms with Crippen molar-refractivity contribution in [3.05, 3.63) is 53.1 Å². The van der Waals surface area contributed by atoms with Crippen molar-refractivity contribution >= 4 is 27.4 Å². The normalized spacial score (nSPS) is 15.3. The molecule has 0 radical (unpaired) electrons. The van der Waals surface area contributed by atoms with E-state index < -0.39 is 27.7 Å². The second-order valence-corrected chi connectivity index (χ2v) is 9.37. The summed E-state index contributed by atoms with van der Waals surface area (Å²) in [4.78, 5) is 13.0. The van der Waals surface area contributed by atoms with Crippen molar-refractivity contribution in [1.82, 2.24) is 0 Å². The van der Waals surface area contributed by atoms with Crippen LogP contribution in [0.15, 0.2) is 41.3 Å². The quantitative estimate of drug-likeness (QED) is 0.610. The van der Waals surface area contributed by atoms with E-state index in [0.717, 1.165) is 43.9 Å². The molecule has 0 atom stereocenters. The number of carboxylic acids is 1. The summed E-state index contributed by atoms with van der Waals surface area (Å²) in [5.74, 6) is -1.30. The zero-order valence-corrected chi connectivity index (χ0v) is 18.4. The fraction of sp³-hybridized carbons (Fsp3) is 0.409. The summed E-state index contributed by atoms with van der Waals surface area (Å²) in [6.45, 7) is 2.92. The molecule has 6 nitrogen and oxygen atoms in total. The molecule has 2 aromatic rings. The van der Waals surface area contributed by atoms with Gasteiger partial charge in [-0.25, -0.2) is 13.2 Å². The number of aryl methyl sites for hydroxylation is 1. The van der Waals surface area contributed by atoms with Gasteiger partial charge in [0.15, 0.2) is 0 Å². The molecule has 2 N–H and O–H groups in total. The lowest BCUT2D eigenvalue weighted by Gasteiger charge is -2.26. The van der Waals surface area contributed by atoms with Gasteiger partial charge in [0.1, 0.15) is 0 Å². The Morgan fingerprint density at radius 3 is 2.28 bits per heavy atom. The molecule has 0 aliphatic carbocycles. The summed E-state index contributed by atoms with van der Waals surface area (Å²) >= 11 is 0. The zero-order valence-electron chi connectivity index (χ0n) is 17.6. The van der Waals surface area contributed by atoms with E-state index in [4.69, 9.17) is 0 Å². The van der Waals surface area contributed by atoms with Gasteiger partial charge >= 0.3 is 12.1 Å². The van der Waals surface area contributed by atoms with Crippen molar-refractivity contribution in [3.8, 4) is 0 Å². The third kappa shape index (κ3) is 5.35. The average Bonchev–Trinajstić information content (AvgIpc) is 3.01. The van der Waals surface area contributed by atoms with Gasteiger partial charge in [0.2, 0.25) is 0 Å². The van der Waals surface area contributed by atoms with Crippen LogP contribution >= 0.6 is 0 Å². The topological polar surface area (TPSA) is 86.7 Å². The molecule has 3 rings (SSSR count). The summed E-state index contributed by atoms with van der Waals surface area (Å²) in [7, 11) is -4.35. The number of alkyl halides is 3. The maximum Gasteiger partial charge on any atom is 0.416 e. The second-order valence-electron chi connectivity index (χ2n) is 7.72. The molecular weight excluding hydrogens is 445 g/mol. The number of carboxylic acid groups (broad SMARTS) is 1. The molecule has 0 unspecified atom stereocenters. The van der Waals surface area contributed by atoms with Crippen LogP contribution in [0.25, 0.3) is 0 Å². The molecule has 1 fully saturated rings. The first kappa shape index (κ1) is 23.9. The van der Waals surface area contributed by atoms with Crippen LogP contribution in [0.1, 0.15) is 54.1 Å². The molecule has 0 saturated carbocycles. The lowest BCUT2D eigenvalue weighted by Crippen LogP contribution is -2.26.